The highest BCUT2D eigenvalue weighted by molar-refractivity contribution is 5.90. The molecule has 0 radical (unpaired) electrons. The van der Waals surface area contributed by atoms with Crippen molar-refractivity contribution in [2.24, 2.45) is 11.0 Å². The van der Waals surface area contributed by atoms with E-state index in [9.17, 15) is 9.59 Å². The summed E-state index contributed by atoms with van der Waals surface area (Å²) in [5.41, 5.74) is 4.32. The van der Waals surface area contributed by atoms with E-state index in [1.807, 2.05) is 30.3 Å². The summed E-state index contributed by atoms with van der Waals surface area (Å²) in [5, 5.41) is 4.00. The topological polar surface area (TPSA) is 80.2 Å². The van der Waals surface area contributed by atoms with Crippen LogP contribution in [0.15, 0.2) is 53.6 Å². The number of carbonyl (C=O) groups is 2. The number of nitrogens with one attached hydrogen (secondary N) is 1. The van der Waals surface area contributed by atoms with Crippen molar-refractivity contribution in [3.05, 3.63) is 59.7 Å². The molecule has 146 valence electrons. The Morgan fingerprint density at radius 2 is 1.93 bits per heavy atom. The van der Waals surface area contributed by atoms with Crippen LogP contribution in [0.25, 0.3) is 0 Å². The van der Waals surface area contributed by atoms with E-state index in [4.69, 9.17) is 9.47 Å². The molecule has 1 N–H and O–H groups in total. The molecule has 0 saturated carbocycles. The lowest BCUT2D eigenvalue weighted by Crippen LogP contribution is -2.30. The zero-order valence-corrected chi connectivity index (χ0v) is 15.9. The minimum atomic E-state index is -0.404. The Morgan fingerprint density at radius 3 is 2.64 bits per heavy atom. The first kappa shape index (κ1) is 19.4. The minimum Gasteiger partial charge on any atom is -0.493 e. The fraction of sp³-hybridized carbons (Fsp3) is 0.286. The number of carbonyl (C=O) groups excluding carboxylic acids is 2. The largest absolute Gasteiger partial charge is 0.493 e. The minimum absolute atomic E-state index is 0.0205. The van der Waals surface area contributed by atoms with Crippen LogP contribution in [0.4, 0.5) is 0 Å². The van der Waals surface area contributed by atoms with Crippen LogP contribution >= 0.6 is 0 Å². The van der Waals surface area contributed by atoms with Gasteiger partial charge in [-0.2, -0.15) is 5.10 Å². The molecule has 1 heterocycles. The Labute approximate surface area is 163 Å². The number of methoxy groups -OCH3 is 2. The average Bonchev–Trinajstić information content (AvgIpc) is 3.09. The molecule has 0 spiro atoms. The third-order valence-corrected chi connectivity index (χ3v) is 4.60. The van der Waals surface area contributed by atoms with E-state index in [0.717, 1.165) is 11.1 Å². The smallest absolute Gasteiger partial charge is 0.245 e. The number of amides is 2. The van der Waals surface area contributed by atoms with Gasteiger partial charge in [-0.05, 0) is 29.3 Å². The number of likely N-dealkylation sites (tertiary alicyclic amines) is 1. The number of hydrazone groups is 1. The molecular formula is C21H23N3O4. The SMILES string of the molecule is COc1ccc(/C=N/NC(=O)C2CC(=O)N(Cc3ccccc3)C2)cc1OC. The van der Waals surface area contributed by atoms with Crippen molar-refractivity contribution >= 4 is 18.0 Å². The highest BCUT2D eigenvalue weighted by Crippen LogP contribution is 2.26. The predicted octanol–water partition coefficient (Wildman–Crippen LogP) is 2.20. The first-order valence-electron chi connectivity index (χ1n) is 8.97. The molecule has 7 heteroatoms. The molecule has 2 aromatic rings. The maximum atomic E-state index is 12.4. The van der Waals surface area contributed by atoms with Crippen LogP contribution in [0.1, 0.15) is 17.5 Å². The molecule has 1 unspecified atom stereocenters. The van der Waals surface area contributed by atoms with Crippen molar-refractivity contribution in [1.82, 2.24) is 10.3 Å². The van der Waals surface area contributed by atoms with E-state index in [1.54, 1.807) is 37.3 Å². The van der Waals surface area contributed by atoms with Crippen molar-refractivity contribution in [1.29, 1.82) is 0 Å². The lowest BCUT2D eigenvalue weighted by molar-refractivity contribution is -0.129. The zero-order valence-electron chi connectivity index (χ0n) is 15.9. The van der Waals surface area contributed by atoms with Gasteiger partial charge in [-0.25, -0.2) is 5.43 Å². The Kier molecular flexibility index (Phi) is 6.26. The summed E-state index contributed by atoms with van der Waals surface area (Å²) >= 11 is 0. The van der Waals surface area contributed by atoms with Crippen LogP contribution in [-0.2, 0) is 16.1 Å². The van der Waals surface area contributed by atoms with Crippen molar-refractivity contribution in [2.45, 2.75) is 13.0 Å². The molecule has 1 atom stereocenters. The molecule has 0 aliphatic carbocycles. The zero-order chi connectivity index (χ0) is 19.9. The Hall–Kier alpha value is -3.35. The molecule has 1 aliphatic rings. The molecule has 2 aromatic carbocycles. The van der Waals surface area contributed by atoms with Gasteiger partial charge < -0.3 is 14.4 Å². The lowest BCUT2D eigenvalue weighted by atomic mass is 10.1. The fourth-order valence-corrected chi connectivity index (χ4v) is 3.10. The van der Waals surface area contributed by atoms with E-state index >= 15 is 0 Å². The molecule has 0 aromatic heterocycles. The maximum absolute atomic E-state index is 12.4. The van der Waals surface area contributed by atoms with Gasteiger partial charge in [0.1, 0.15) is 0 Å². The third kappa shape index (κ3) is 4.68. The van der Waals surface area contributed by atoms with Crippen molar-refractivity contribution < 1.29 is 19.1 Å². The van der Waals surface area contributed by atoms with Crippen LogP contribution in [-0.4, -0.2) is 43.7 Å². The van der Waals surface area contributed by atoms with E-state index < -0.39 is 5.92 Å². The quantitative estimate of drug-likeness (QED) is 0.589. The molecule has 1 aliphatic heterocycles. The van der Waals surface area contributed by atoms with Crippen molar-refractivity contribution in [2.75, 3.05) is 20.8 Å². The van der Waals surface area contributed by atoms with Gasteiger partial charge in [0, 0.05) is 19.5 Å². The highest BCUT2D eigenvalue weighted by atomic mass is 16.5. The molecule has 1 fully saturated rings. The van der Waals surface area contributed by atoms with Gasteiger partial charge in [-0.15, -0.1) is 0 Å². The number of hydrogen-bond acceptors (Lipinski definition) is 5. The molecule has 1 saturated heterocycles. The second-order valence-corrected chi connectivity index (χ2v) is 6.51. The predicted molar refractivity (Wildman–Crippen MR) is 105 cm³/mol. The first-order valence-corrected chi connectivity index (χ1v) is 8.97. The van der Waals surface area contributed by atoms with Gasteiger partial charge in [-0.3, -0.25) is 9.59 Å². The molecule has 3 rings (SSSR count). The van der Waals surface area contributed by atoms with Crippen LogP contribution in [0.5, 0.6) is 11.5 Å². The Bertz CT molecular complexity index is 867. The number of rotatable bonds is 7. The maximum Gasteiger partial charge on any atom is 0.245 e. The molecule has 28 heavy (non-hydrogen) atoms. The summed E-state index contributed by atoms with van der Waals surface area (Å²) in [5.74, 6) is 0.509. The van der Waals surface area contributed by atoms with E-state index in [2.05, 4.69) is 10.5 Å². The number of ether oxygens (including phenoxy) is 2. The second-order valence-electron chi connectivity index (χ2n) is 6.51. The summed E-state index contributed by atoms with van der Waals surface area (Å²) in [7, 11) is 3.12. The molecule has 7 nitrogen and oxygen atoms in total. The van der Waals surface area contributed by atoms with Crippen LogP contribution in [0, 0.1) is 5.92 Å². The van der Waals surface area contributed by atoms with Crippen LogP contribution in [0.2, 0.25) is 0 Å². The monoisotopic (exact) mass is 381 g/mol. The number of benzene rings is 2. The van der Waals surface area contributed by atoms with E-state index in [1.165, 1.54) is 6.21 Å². The molecule has 0 bridgehead atoms. The second kappa shape index (κ2) is 9.03. The summed E-state index contributed by atoms with van der Waals surface area (Å²) in [6.07, 6.45) is 1.73. The number of nitrogens with zero attached hydrogens (tertiary/aromatic N) is 2. The molecular weight excluding hydrogens is 358 g/mol. The van der Waals surface area contributed by atoms with Crippen LogP contribution in [0.3, 0.4) is 0 Å². The normalized spacial score (nSPS) is 16.4. The van der Waals surface area contributed by atoms with Gasteiger partial charge in [0.05, 0.1) is 26.4 Å². The van der Waals surface area contributed by atoms with Gasteiger partial charge in [0.2, 0.25) is 11.8 Å². The summed E-state index contributed by atoms with van der Waals surface area (Å²) in [6.45, 7) is 0.907. The first-order chi connectivity index (χ1) is 13.6. The fourth-order valence-electron chi connectivity index (χ4n) is 3.10. The van der Waals surface area contributed by atoms with Gasteiger partial charge >= 0.3 is 0 Å². The number of hydrogen-bond donors (Lipinski definition) is 1. The summed E-state index contributed by atoms with van der Waals surface area (Å²) < 4.78 is 10.4. The summed E-state index contributed by atoms with van der Waals surface area (Å²) in [6, 6.07) is 15.1. The Morgan fingerprint density at radius 1 is 1.18 bits per heavy atom. The van der Waals surface area contributed by atoms with Crippen LogP contribution < -0.4 is 14.9 Å². The van der Waals surface area contributed by atoms with E-state index in [-0.39, 0.29) is 18.2 Å². The van der Waals surface area contributed by atoms with Gasteiger partial charge in [-0.1, -0.05) is 30.3 Å². The molecule has 2 amide bonds. The summed E-state index contributed by atoms with van der Waals surface area (Å²) in [4.78, 5) is 26.3. The van der Waals surface area contributed by atoms with Gasteiger partial charge in [0.15, 0.2) is 11.5 Å². The lowest BCUT2D eigenvalue weighted by Gasteiger charge is -2.16. The van der Waals surface area contributed by atoms with Crippen molar-refractivity contribution in [3.63, 3.8) is 0 Å². The van der Waals surface area contributed by atoms with E-state index in [0.29, 0.717) is 24.6 Å². The average molecular weight is 381 g/mol. The van der Waals surface area contributed by atoms with Crippen molar-refractivity contribution in [3.8, 4) is 11.5 Å². The highest BCUT2D eigenvalue weighted by Gasteiger charge is 2.34. The van der Waals surface area contributed by atoms with Gasteiger partial charge in [0.25, 0.3) is 0 Å². The standard InChI is InChI=1S/C21H23N3O4/c1-27-18-9-8-16(10-19(18)28-2)12-22-23-21(26)17-11-20(25)24(14-17)13-15-6-4-3-5-7-15/h3-10,12,17H,11,13-14H2,1-2H3,(H,23,26)/b22-12+. The third-order valence-electron chi connectivity index (χ3n) is 4.60. The Balaban J connectivity index is 1.55.